The predicted octanol–water partition coefficient (Wildman–Crippen LogP) is 17.2. The molecule has 75 heavy (non-hydrogen) atoms. The first-order valence-corrected chi connectivity index (χ1v) is 28.9. The monoisotopic (exact) mass is 974 g/mol. The fourth-order valence-electron chi connectivity index (χ4n) is 19.2. The van der Waals surface area contributed by atoms with E-state index in [0.29, 0.717) is 5.41 Å². The van der Waals surface area contributed by atoms with Crippen LogP contribution in [0.2, 0.25) is 0 Å². The third kappa shape index (κ3) is 5.86. The molecule has 0 spiro atoms. The first kappa shape index (κ1) is 42.5. The lowest BCUT2D eigenvalue weighted by atomic mass is 9.44. The largest absolute Gasteiger partial charge is 0.450 e. The summed E-state index contributed by atoms with van der Waals surface area (Å²) in [5.41, 5.74) is 19.2. The van der Waals surface area contributed by atoms with Crippen LogP contribution in [0.4, 0.5) is 17.1 Å². The summed E-state index contributed by atoms with van der Waals surface area (Å²) in [6, 6.07) is 56.6. The highest BCUT2D eigenvalue weighted by molar-refractivity contribution is 6.90. The van der Waals surface area contributed by atoms with Gasteiger partial charge in [-0.05, 0) is 239 Å². The van der Waals surface area contributed by atoms with Crippen molar-refractivity contribution in [3.63, 3.8) is 0 Å². The van der Waals surface area contributed by atoms with Crippen molar-refractivity contribution in [1.29, 1.82) is 0 Å². The fraction of sp³-hybridized carbons (Fsp3) is 0.343. The summed E-state index contributed by atoms with van der Waals surface area (Å²) in [5.74, 6) is 8.27. The molecular formula is C70H63BN2O2. The van der Waals surface area contributed by atoms with Gasteiger partial charge in [0.15, 0.2) is 23.0 Å². The Kier molecular flexibility index (Phi) is 8.28. The molecule has 8 saturated carbocycles. The Morgan fingerprint density at radius 3 is 1.75 bits per heavy atom. The molecule has 20 rings (SSSR count). The summed E-state index contributed by atoms with van der Waals surface area (Å²) in [6.07, 6.45) is 16.9. The number of para-hydroxylation sites is 2. The maximum absolute atomic E-state index is 6.95. The van der Waals surface area contributed by atoms with Gasteiger partial charge in [-0.15, -0.1) is 0 Å². The van der Waals surface area contributed by atoms with Gasteiger partial charge in [-0.2, -0.15) is 0 Å². The summed E-state index contributed by atoms with van der Waals surface area (Å²) >= 11 is 0. The molecule has 1 aromatic heterocycles. The molecule has 11 aliphatic rings. The Balaban J connectivity index is 0.966. The topological polar surface area (TPSA) is 26.6 Å². The van der Waals surface area contributed by atoms with E-state index in [9.17, 15) is 0 Å². The molecule has 368 valence electrons. The van der Waals surface area contributed by atoms with Gasteiger partial charge in [-0.25, -0.2) is 0 Å². The zero-order valence-corrected chi connectivity index (χ0v) is 43.6. The van der Waals surface area contributed by atoms with Crippen LogP contribution in [0.3, 0.4) is 0 Å². The fourth-order valence-corrected chi connectivity index (χ4v) is 19.2. The minimum absolute atomic E-state index is 0.0404. The van der Waals surface area contributed by atoms with Crippen LogP contribution in [-0.2, 0) is 16.2 Å². The molecule has 8 aromatic carbocycles. The van der Waals surface area contributed by atoms with Crippen LogP contribution in [-0.4, -0.2) is 11.3 Å². The van der Waals surface area contributed by atoms with Gasteiger partial charge in [0.25, 0.3) is 0 Å². The summed E-state index contributed by atoms with van der Waals surface area (Å²) in [7, 11) is 0. The molecule has 8 fully saturated rings. The number of fused-ring (bicyclic) bond motifs is 11. The highest BCUT2D eigenvalue weighted by Crippen LogP contribution is 2.64. The number of hydrogen-bond donors (Lipinski definition) is 0. The van der Waals surface area contributed by atoms with Gasteiger partial charge in [-0.3, -0.25) is 0 Å². The third-order valence-electron chi connectivity index (χ3n) is 21.4. The van der Waals surface area contributed by atoms with Crippen LogP contribution < -0.4 is 25.3 Å². The van der Waals surface area contributed by atoms with E-state index in [1.165, 1.54) is 160 Å². The quantitative estimate of drug-likeness (QED) is 0.164. The van der Waals surface area contributed by atoms with E-state index < -0.39 is 0 Å². The standard InChI is InChI=1S/C70H63BN2O2/c1-68(2,3)48-17-19-57(52(28-48)46-11-5-4-6-12-46)72-59-33-64-63(74-61-15-9-10-16-62(61)75-64)32-56(59)71-66-60(72)27-47-13-7-8-14-51(47)65(66)55-31-50(70-37-43-24-44(38-70)26-45(25-43)39-70)30-54-53-29-49(18-20-58(53)73(71)67(54)55)69-34-40-21-41(35-69)23-42(22-40)36-69/h4-20,27-33,40-45H,21-26,34-39H2,1-3H3. The molecule has 4 nitrogen and oxygen atoms in total. The van der Waals surface area contributed by atoms with Gasteiger partial charge in [0.1, 0.15) is 0 Å². The summed E-state index contributed by atoms with van der Waals surface area (Å²) < 4.78 is 16.7. The molecule has 0 amide bonds. The predicted molar refractivity (Wildman–Crippen MR) is 308 cm³/mol. The van der Waals surface area contributed by atoms with Crippen LogP contribution in [0.25, 0.3) is 54.8 Å². The van der Waals surface area contributed by atoms with Crippen molar-refractivity contribution in [2.24, 2.45) is 35.5 Å². The van der Waals surface area contributed by atoms with Crippen molar-refractivity contribution in [1.82, 2.24) is 4.48 Å². The third-order valence-corrected chi connectivity index (χ3v) is 21.4. The van der Waals surface area contributed by atoms with E-state index in [-0.39, 0.29) is 17.7 Å². The maximum atomic E-state index is 6.95. The molecule has 3 aliphatic heterocycles. The van der Waals surface area contributed by atoms with Crippen molar-refractivity contribution in [3.05, 3.63) is 162 Å². The van der Waals surface area contributed by atoms with Crippen molar-refractivity contribution in [3.8, 4) is 45.3 Å². The highest BCUT2D eigenvalue weighted by Gasteiger charge is 2.54. The van der Waals surface area contributed by atoms with Gasteiger partial charge in [-0.1, -0.05) is 99.6 Å². The Bertz CT molecular complexity index is 3920. The van der Waals surface area contributed by atoms with E-state index in [2.05, 4.69) is 151 Å². The maximum Gasteiger partial charge on any atom is 0.333 e. The molecule has 0 radical (unpaired) electrons. The van der Waals surface area contributed by atoms with Crippen LogP contribution in [0.15, 0.2) is 146 Å². The van der Waals surface area contributed by atoms with Crippen molar-refractivity contribution < 1.29 is 9.47 Å². The molecule has 4 heterocycles. The van der Waals surface area contributed by atoms with Crippen LogP contribution in [0, 0.1) is 35.5 Å². The molecule has 0 N–H and O–H groups in total. The van der Waals surface area contributed by atoms with Gasteiger partial charge in [0, 0.05) is 50.4 Å². The summed E-state index contributed by atoms with van der Waals surface area (Å²) in [6.45, 7) is 6.88. The second-order valence-electron chi connectivity index (χ2n) is 26.9. The van der Waals surface area contributed by atoms with E-state index in [0.717, 1.165) is 64.2 Å². The summed E-state index contributed by atoms with van der Waals surface area (Å²) in [4.78, 5) is 2.62. The molecule has 0 unspecified atom stereocenters. The van der Waals surface area contributed by atoms with Crippen molar-refractivity contribution in [2.75, 3.05) is 4.90 Å². The van der Waals surface area contributed by atoms with Gasteiger partial charge in [0.05, 0.1) is 5.69 Å². The number of aromatic nitrogens is 1. The van der Waals surface area contributed by atoms with Gasteiger partial charge >= 0.3 is 6.85 Å². The SMILES string of the molecule is CC(C)(C)c1ccc(N2c3cc4c(cc3B3c5c2cc2ccccc2c5-c2cc(C56CC7CC(CC(C7)C5)C6)cc5c6cc(C78CC9CC(CC(C9)C7)C8)ccc6n3c25)Oc2ccccc2O4)c(-c2ccccc2)c1. The zero-order chi connectivity index (χ0) is 49.3. The van der Waals surface area contributed by atoms with Crippen molar-refractivity contribution >= 4 is 67.4 Å². The molecular weight excluding hydrogens is 912 g/mol. The first-order valence-electron chi connectivity index (χ1n) is 28.9. The molecule has 9 aromatic rings. The van der Waals surface area contributed by atoms with Crippen molar-refractivity contribution in [2.45, 2.75) is 114 Å². The number of anilines is 3. The second kappa shape index (κ2) is 14.6. The Hall–Kier alpha value is -6.72. The van der Waals surface area contributed by atoms with E-state index >= 15 is 0 Å². The number of benzene rings is 8. The molecule has 0 saturated heterocycles. The number of nitrogens with zero attached hydrogens (tertiary/aromatic N) is 2. The molecule has 8 aliphatic carbocycles. The number of hydrogen-bond acceptors (Lipinski definition) is 3. The van der Waals surface area contributed by atoms with Gasteiger partial charge in [0.2, 0.25) is 0 Å². The van der Waals surface area contributed by atoms with E-state index in [4.69, 9.17) is 9.47 Å². The Morgan fingerprint density at radius 1 is 0.480 bits per heavy atom. The van der Waals surface area contributed by atoms with E-state index in [1.54, 1.807) is 11.1 Å². The van der Waals surface area contributed by atoms with Crippen LogP contribution in [0.5, 0.6) is 23.0 Å². The van der Waals surface area contributed by atoms with Gasteiger partial charge < -0.3 is 18.9 Å². The Labute approximate surface area is 441 Å². The van der Waals surface area contributed by atoms with E-state index in [1.807, 2.05) is 24.3 Å². The smallest absolute Gasteiger partial charge is 0.333 e. The molecule has 8 bridgehead atoms. The number of rotatable bonds is 4. The highest BCUT2D eigenvalue weighted by atomic mass is 16.6. The normalized spacial score (nSPS) is 27.8. The average molecular weight is 975 g/mol. The Morgan fingerprint density at radius 2 is 1.08 bits per heavy atom. The zero-order valence-electron chi connectivity index (χ0n) is 43.6. The minimum atomic E-state index is -0.130. The van der Waals surface area contributed by atoms with Crippen LogP contribution in [0.1, 0.15) is 115 Å². The first-order chi connectivity index (χ1) is 36.6. The second-order valence-corrected chi connectivity index (χ2v) is 26.9. The minimum Gasteiger partial charge on any atom is -0.450 e. The molecule has 5 heteroatoms. The summed E-state index contributed by atoms with van der Waals surface area (Å²) in [5, 5.41) is 5.56. The lowest BCUT2D eigenvalue weighted by Crippen LogP contribution is -2.56. The lowest BCUT2D eigenvalue weighted by Gasteiger charge is -2.57. The van der Waals surface area contributed by atoms with Crippen LogP contribution >= 0.6 is 0 Å². The lowest BCUT2D eigenvalue weighted by molar-refractivity contribution is -0.00527. The molecule has 0 atom stereocenters. The average Bonchev–Trinajstić information content (AvgIpc) is 3.93. The number of ether oxygens (including phenoxy) is 2.